The fourth-order valence-corrected chi connectivity index (χ4v) is 3.90. The van der Waals surface area contributed by atoms with Crippen LogP contribution in [0.2, 0.25) is 0 Å². The molecule has 0 radical (unpaired) electrons. The molecular formula is C25H24N2O4. The number of fused-ring (bicyclic) bond motifs is 1. The van der Waals surface area contributed by atoms with Gasteiger partial charge in [0, 0.05) is 29.7 Å². The summed E-state index contributed by atoms with van der Waals surface area (Å²) in [5, 5.41) is 4.71. The lowest BCUT2D eigenvalue weighted by Gasteiger charge is -2.20. The van der Waals surface area contributed by atoms with Crippen molar-refractivity contribution >= 4 is 39.9 Å². The molecule has 1 N–H and O–H groups in total. The number of amides is 2. The zero-order valence-electron chi connectivity index (χ0n) is 17.6. The van der Waals surface area contributed by atoms with E-state index in [9.17, 15) is 14.4 Å². The van der Waals surface area contributed by atoms with Crippen molar-refractivity contribution in [3.8, 4) is 0 Å². The van der Waals surface area contributed by atoms with Crippen LogP contribution in [0.3, 0.4) is 0 Å². The molecule has 3 aromatic carbocycles. The Morgan fingerprint density at radius 1 is 1.03 bits per heavy atom. The number of anilines is 2. The van der Waals surface area contributed by atoms with Gasteiger partial charge in [-0.3, -0.25) is 14.4 Å². The maximum absolute atomic E-state index is 12.5. The van der Waals surface area contributed by atoms with Gasteiger partial charge in [-0.25, -0.2) is 0 Å². The molecule has 0 aliphatic carbocycles. The van der Waals surface area contributed by atoms with E-state index in [4.69, 9.17) is 4.74 Å². The van der Waals surface area contributed by atoms with Gasteiger partial charge in [0.15, 0.2) is 6.61 Å². The van der Waals surface area contributed by atoms with E-state index < -0.39 is 24.4 Å². The smallest absolute Gasteiger partial charge is 0.311 e. The van der Waals surface area contributed by atoms with E-state index in [1.807, 2.05) is 68.4 Å². The van der Waals surface area contributed by atoms with E-state index in [2.05, 4.69) is 5.32 Å². The van der Waals surface area contributed by atoms with Crippen LogP contribution in [0.1, 0.15) is 17.5 Å². The molecule has 1 heterocycles. The van der Waals surface area contributed by atoms with Crippen LogP contribution in [0.4, 0.5) is 11.4 Å². The monoisotopic (exact) mass is 416 g/mol. The zero-order valence-corrected chi connectivity index (χ0v) is 17.6. The van der Waals surface area contributed by atoms with Crippen LogP contribution in [0.25, 0.3) is 10.8 Å². The summed E-state index contributed by atoms with van der Waals surface area (Å²) < 4.78 is 5.23. The number of benzene rings is 3. The van der Waals surface area contributed by atoms with Crippen molar-refractivity contribution in [2.45, 2.75) is 20.3 Å². The first-order chi connectivity index (χ1) is 14.9. The summed E-state index contributed by atoms with van der Waals surface area (Å²) in [6.07, 6.45) is 0.0805. The lowest BCUT2D eigenvalue weighted by molar-refractivity contribution is -0.151. The quantitative estimate of drug-likeness (QED) is 0.638. The SMILES string of the molecule is Cc1cccc(N2C[C@H](C(=O)OCC(=O)Nc3cccc4ccccc34)CC2=O)c1C. The van der Waals surface area contributed by atoms with Gasteiger partial charge in [-0.2, -0.15) is 0 Å². The molecule has 158 valence electrons. The number of rotatable bonds is 5. The molecule has 0 unspecified atom stereocenters. The number of aryl methyl sites for hydroxylation is 1. The number of nitrogens with one attached hydrogen (secondary N) is 1. The van der Waals surface area contributed by atoms with E-state index >= 15 is 0 Å². The van der Waals surface area contributed by atoms with Crippen molar-refractivity contribution in [1.29, 1.82) is 0 Å². The molecule has 1 saturated heterocycles. The maximum Gasteiger partial charge on any atom is 0.311 e. The Labute approximate surface area is 180 Å². The highest BCUT2D eigenvalue weighted by Crippen LogP contribution is 2.30. The second kappa shape index (κ2) is 8.60. The van der Waals surface area contributed by atoms with Crippen LogP contribution in [-0.4, -0.2) is 30.9 Å². The maximum atomic E-state index is 12.5. The molecule has 3 aromatic rings. The van der Waals surface area contributed by atoms with Crippen molar-refractivity contribution in [3.05, 3.63) is 71.8 Å². The van der Waals surface area contributed by atoms with Gasteiger partial charge in [0.2, 0.25) is 5.91 Å². The fourth-order valence-electron chi connectivity index (χ4n) is 3.90. The van der Waals surface area contributed by atoms with E-state index in [0.29, 0.717) is 5.69 Å². The average molecular weight is 416 g/mol. The van der Waals surface area contributed by atoms with Crippen LogP contribution in [0, 0.1) is 19.8 Å². The molecule has 6 nitrogen and oxygen atoms in total. The van der Waals surface area contributed by atoms with E-state index in [-0.39, 0.29) is 18.9 Å². The molecule has 4 rings (SSSR count). The minimum atomic E-state index is -0.585. The van der Waals surface area contributed by atoms with Crippen molar-refractivity contribution in [2.24, 2.45) is 5.92 Å². The fraction of sp³-hybridized carbons (Fsp3) is 0.240. The topological polar surface area (TPSA) is 75.7 Å². The molecular weight excluding hydrogens is 392 g/mol. The third kappa shape index (κ3) is 4.28. The lowest BCUT2D eigenvalue weighted by Crippen LogP contribution is -2.28. The van der Waals surface area contributed by atoms with Crippen LogP contribution >= 0.6 is 0 Å². The average Bonchev–Trinajstić information content (AvgIpc) is 3.16. The van der Waals surface area contributed by atoms with Crippen LogP contribution in [0.15, 0.2) is 60.7 Å². The normalized spacial score (nSPS) is 15.9. The van der Waals surface area contributed by atoms with Gasteiger partial charge < -0.3 is 15.0 Å². The largest absolute Gasteiger partial charge is 0.455 e. The zero-order chi connectivity index (χ0) is 22.0. The predicted molar refractivity (Wildman–Crippen MR) is 120 cm³/mol. The first-order valence-corrected chi connectivity index (χ1v) is 10.2. The highest BCUT2D eigenvalue weighted by atomic mass is 16.5. The number of hydrogen-bond acceptors (Lipinski definition) is 4. The highest BCUT2D eigenvalue weighted by Gasteiger charge is 2.37. The first kappa shape index (κ1) is 20.6. The number of hydrogen-bond donors (Lipinski definition) is 1. The Morgan fingerprint density at radius 3 is 2.61 bits per heavy atom. The van der Waals surface area contributed by atoms with Crippen LogP contribution < -0.4 is 10.2 Å². The number of carbonyl (C=O) groups excluding carboxylic acids is 3. The van der Waals surface area contributed by atoms with Crippen molar-refractivity contribution < 1.29 is 19.1 Å². The summed E-state index contributed by atoms with van der Waals surface area (Å²) in [6, 6.07) is 19.1. The Balaban J connectivity index is 1.36. The second-order valence-corrected chi connectivity index (χ2v) is 7.81. The van der Waals surface area contributed by atoms with Gasteiger partial charge in [0.25, 0.3) is 5.91 Å². The number of carbonyl (C=O) groups is 3. The van der Waals surface area contributed by atoms with Gasteiger partial charge >= 0.3 is 5.97 Å². The molecule has 31 heavy (non-hydrogen) atoms. The molecule has 6 heteroatoms. The highest BCUT2D eigenvalue weighted by molar-refractivity contribution is 6.03. The van der Waals surface area contributed by atoms with Crippen molar-refractivity contribution in [1.82, 2.24) is 0 Å². The minimum Gasteiger partial charge on any atom is -0.455 e. The van der Waals surface area contributed by atoms with E-state index in [1.165, 1.54) is 0 Å². The van der Waals surface area contributed by atoms with E-state index in [0.717, 1.165) is 27.6 Å². The Kier molecular flexibility index (Phi) is 5.71. The van der Waals surface area contributed by atoms with Gasteiger partial charge in [-0.1, -0.05) is 48.5 Å². The molecule has 1 aliphatic heterocycles. The summed E-state index contributed by atoms with van der Waals surface area (Å²) in [5.74, 6) is -1.65. The van der Waals surface area contributed by atoms with Gasteiger partial charge in [0.05, 0.1) is 5.92 Å². The Morgan fingerprint density at radius 2 is 1.77 bits per heavy atom. The molecule has 1 atom stereocenters. The molecule has 0 aromatic heterocycles. The predicted octanol–water partition coefficient (Wildman–Crippen LogP) is 3.99. The molecule has 0 bridgehead atoms. The summed E-state index contributed by atoms with van der Waals surface area (Å²) in [5.41, 5.74) is 3.58. The minimum absolute atomic E-state index is 0.0805. The molecule has 0 saturated carbocycles. The van der Waals surface area contributed by atoms with Gasteiger partial charge in [-0.15, -0.1) is 0 Å². The number of nitrogens with zero attached hydrogens (tertiary/aromatic N) is 1. The van der Waals surface area contributed by atoms with Crippen LogP contribution in [-0.2, 0) is 19.1 Å². The lowest BCUT2D eigenvalue weighted by atomic mass is 10.1. The molecule has 0 spiro atoms. The van der Waals surface area contributed by atoms with Gasteiger partial charge in [-0.05, 0) is 42.5 Å². The summed E-state index contributed by atoms with van der Waals surface area (Å²) in [7, 11) is 0. The number of ether oxygens (including phenoxy) is 1. The third-order valence-electron chi connectivity index (χ3n) is 5.73. The van der Waals surface area contributed by atoms with Crippen molar-refractivity contribution in [2.75, 3.05) is 23.4 Å². The van der Waals surface area contributed by atoms with Crippen molar-refractivity contribution in [3.63, 3.8) is 0 Å². The summed E-state index contributed by atoms with van der Waals surface area (Å²) in [6.45, 7) is 3.81. The standard InChI is InChI=1S/C25H24N2O4/c1-16-7-5-12-22(17(16)2)27-14-19(13-24(27)29)25(30)31-15-23(28)26-21-11-6-9-18-8-3-4-10-20(18)21/h3-12,19H,13-15H2,1-2H3,(H,26,28)/t19-/m1/s1. The first-order valence-electron chi connectivity index (χ1n) is 10.2. The molecule has 1 fully saturated rings. The Hall–Kier alpha value is -3.67. The summed E-state index contributed by atoms with van der Waals surface area (Å²) >= 11 is 0. The van der Waals surface area contributed by atoms with E-state index in [1.54, 1.807) is 11.0 Å². The van der Waals surface area contributed by atoms with Gasteiger partial charge in [0.1, 0.15) is 0 Å². The number of esters is 1. The summed E-state index contributed by atoms with van der Waals surface area (Å²) in [4.78, 5) is 39.0. The van der Waals surface area contributed by atoms with Crippen LogP contribution in [0.5, 0.6) is 0 Å². The molecule has 2 amide bonds. The Bertz CT molecular complexity index is 1170. The second-order valence-electron chi connectivity index (χ2n) is 7.81. The molecule has 1 aliphatic rings. The third-order valence-corrected chi connectivity index (χ3v) is 5.73.